The molecule has 2 N–H and O–H groups in total. The van der Waals surface area contributed by atoms with E-state index in [2.05, 4.69) is 20.6 Å². The number of aromatic nitrogens is 2. The number of anilines is 1. The van der Waals surface area contributed by atoms with E-state index in [1.165, 1.54) is 7.05 Å². The quantitative estimate of drug-likeness (QED) is 0.479. The number of nitro groups is 1. The molecule has 0 aromatic carbocycles. The fraction of sp³-hybridized carbons (Fsp3) is 0.500. The summed E-state index contributed by atoms with van der Waals surface area (Å²) in [7, 11) is 1.52. The first kappa shape index (κ1) is 15.1. The standard InChI is InChI=1S/C10H14ClN5O3/c1-10(2,8(17)12-3)5-14-7-6(16(18)19)4-13-9(11)15-7/h4H,5H2,1-3H3,(H,12,17)(H,13,14,15). The van der Waals surface area contributed by atoms with Gasteiger partial charge in [0.25, 0.3) is 0 Å². The van der Waals surface area contributed by atoms with Gasteiger partial charge in [0, 0.05) is 13.6 Å². The Bertz CT molecular complexity index is 506. The summed E-state index contributed by atoms with van der Waals surface area (Å²) < 4.78 is 0. The lowest BCUT2D eigenvalue weighted by Gasteiger charge is -2.22. The second-order valence-electron chi connectivity index (χ2n) is 4.45. The fourth-order valence-corrected chi connectivity index (χ4v) is 1.47. The average molecular weight is 288 g/mol. The van der Waals surface area contributed by atoms with Crippen LogP contribution >= 0.6 is 11.6 Å². The lowest BCUT2D eigenvalue weighted by atomic mass is 9.92. The Labute approximate surface area is 114 Å². The number of amides is 1. The number of rotatable bonds is 5. The molecule has 1 aromatic rings. The molecule has 1 rings (SSSR count). The number of carbonyl (C=O) groups is 1. The van der Waals surface area contributed by atoms with Crippen LogP contribution in [0.2, 0.25) is 5.28 Å². The minimum atomic E-state index is -0.750. The van der Waals surface area contributed by atoms with Crippen molar-refractivity contribution in [3.63, 3.8) is 0 Å². The van der Waals surface area contributed by atoms with E-state index in [-0.39, 0.29) is 29.2 Å². The van der Waals surface area contributed by atoms with Crippen LogP contribution in [-0.2, 0) is 4.79 Å². The largest absolute Gasteiger partial charge is 0.363 e. The molecule has 0 fully saturated rings. The van der Waals surface area contributed by atoms with Crippen molar-refractivity contribution in [2.75, 3.05) is 18.9 Å². The Balaban J connectivity index is 2.91. The summed E-state index contributed by atoms with van der Waals surface area (Å²) in [6, 6.07) is 0. The highest BCUT2D eigenvalue weighted by Crippen LogP contribution is 2.24. The van der Waals surface area contributed by atoms with Gasteiger partial charge in [0.2, 0.25) is 17.0 Å². The molecule has 19 heavy (non-hydrogen) atoms. The summed E-state index contributed by atoms with van der Waals surface area (Å²) in [5, 5.41) is 16.0. The number of halogens is 1. The maximum atomic E-state index is 11.6. The topological polar surface area (TPSA) is 110 Å². The van der Waals surface area contributed by atoms with Crippen molar-refractivity contribution in [3.05, 3.63) is 21.6 Å². The zero-order chi connectivity index (χ0) is 14.6. The molecule has 0 spiro atoms. The van der Waals surface area contributed by atoms with Crippen molar-refractivity contribution >= 4 is 29.0 Å². The van der Waals surface area contributed by atoms with Crippen LogP contribution < -0.4 is 10.6 Å². The number of hydrogen-bond acceptors (Lipinski definition) is 6. The van der Waals surface area contributed by atoms with Gasteiger partial charge in [-0.3, -0.25) is 14.9 Å². The van der Waals surface area contributed by atoms with Gasteiger partial charge >= 0.3 is 5.69 Å². The zero-order valence-corrected chi connectivity index (χ0v) is 11.5. The van der Waals surface area contributed by atoms with E-state index in [4.69, 9.17) is 11.6 Å². The SMILES string of the molecule is CNC(=O)C(C)(C)CNc1nc(Cl)ncc1[N+](=O)[O-]. The van der Waals surface area contributed by atoms with Gasteiger partial charge < -0.3 is 10.6 Å². The van der Waals surface area contributed by atoms with Crippen LogP contribution in [-0.4, -0.2) is 34.4 Å². The van der Waals surface area contributed by atoms with Crippen molar-refractivity contribution in [1.82, 2.24) is 15.3 Å². The maximum Gasteiger partial charge on any atom is 0.329 e. The van der Waals surface area contributed by atoms with E-state index in [0.717, 1.165) is 6.20 Å². The molecule has 0 saturated heterocycles. The second-order valence-corrected chi connectivity index (χ2v) is 4.78. The summed E-state index contributed by atoms with van der Waals surface area (Å²) in [5.74, 6) is -0.204. The molecule has 0 atom stereocenters. The highest BCUT2D eigenvalue weighted by atomic mass is 35.5. The van der Waals surface area contributed by atoms with E-state index < -0.39 is 10.3 Å². The lowest BCUT2D eigenvalue weighted by molar-refractivity contribution is -0.384. The minimum absolute atomic E-state index is 0.0121. The molecule has 104 valence electrons. The van der Waals surface area contributed by atoms with Crippen LogP contribution in [0.15, 0.2) is 6.20 Å². The van der Waals surface area contributed by atoms with Crippen LogP contribution in [0.4, 0.5) is 11.5 Å². The molecule has 1 aromatic heterocycles. The predicted molar refractivity (Wildman–Crippen MR) is 70.0 cm³/mol. The van der Waals surface area contributed by atoms with Crippen LogP contribution in [0, 0.1) is 15.5 Å². The third kappa shape index (κ3) is 3.75. The van der Waals surface area contributed by atoms with Gasteiger partial charge in [-0.05, 0) is 25.4 Å². The summed E-state index contributed by atoms with van der Waals surface area (Å²) in [6.45, 7) is 3.57. The van der Waals surface area contributed by atoms with Crippen LogP contribution in [0.1, 0.15) is 13.8 Å². The molecule has 0 bridgehead atoms. The van der Waals surface area contributed by atoms with Crippen molar-refractivity contribution in [2.24, 2.45) is 5.41 Å². The van der Waals surface area contributed by atoms with Gasteiger partial charge in [-0.1, -0.05) is 0 Å². The smallest absolute Gasteiger partial charge is 0.329 e. The first-order valence-electron chi connectivity index (χ1n) is 5.41. The fourth-order valence-electron chi connectivity index (χ4n) is 1.34. The summed E-state index contributed by atoms with van der Waals surface area (Å²) in [5.41, 5.74) is -1.04. The Hall–Kier alpha value is -1.96. The molecule has 0 radical (unpaired) electrons. The van der Waals surface area contributed by atoms with E-state index in [0.29, 0.717) is 0 Å². The first-order chi connectivity index (χ1) is 8.77. The second kappa shape index (κ2) is 5.79. The summed E-state index contributed by atoms with van der Waals surface area (Å²) in [4.78, 5) is 29.1. The van der Waals surface area contributed by atoms with Crippen molar-refractivity contribution < 1.29 is 9.72 Å². The lowest BCUT2D eigenvalue weighted by Crippen LogP contribution is -2.39. The van der Waals surface area contributed by atoms with Crippen molar-refractivity contribution in [2.45, 2.75) is 13.8 Å². The van der Waals surface area contributed by atoms with Gasteiger partial charge in [-0.2, -0.15) is 4.98 Å². The third-order valence-electron chi connectivity index (χ3n) is 2.48. The average Bonchev–Trinajstić information content (AvgIpc) is 2.35. The Morgan fingerprint density at radius 2 is 2.21 bits per heavy atom. The number of nitrogens with zero attached hydrogens (tertiary/aromatic N) is 3. The van der Waals surface area contributed by atoms with Crippen LogP contribution in [0.3, 0.4) is 0 Å². The first-order valence-corrected chi connectivity index (χ1v) is 5.78. The van der Waals surface area contributed by atoms with Gasteiger partial charge in [-0.15, -0.1) is 0 Å². The Kier molecular flexibility index (Phi) is 4.60. The van der Waals surface area contributed by atoms with Gasteiger partial charge in [0.05, 0.1) is 10.3 Å². The number of nitrogens with one attached hydrogen (secondary N) is 2. The van der Waals surface area contributed by atoms with Gasteiger partial charge in [0.1, 0.15) is 6.20 Å². The van der Waals surface area contributed by atoms with E-state index in [9.17, 15) is 14.9 Å². The predicted octanol–water partition coefficient (Wildman–Crippen LogP) is 1.22. The van der Waals surface area contributed by atoms with Gasteiger partial charge in [0.15, 0.2) is 0 Å². The Morgan fingerprint density at radius 1 is 1.58 bits per heavy atom. The summed E-state index contributed by atoms with van der Waals surface area (Å²) in [6.07, 6.45) is 1.02. The number of carbonyl (C=O) groups excluding carboxylic acids is 1. The van der Waals surface area contributed by atoms with Crippen LogP contribution in [0.25, 0.3) is 0 Å². The van der Waals surface area contributed by atoms with E-state index in [1.807, 2.05) is 0 Å². The molecule has 0 aliphatic heterocycles. The molecule has 0 aliphatic carbocycles. The van der Waals surface area contributed by atoms with E-state index in [1.54, 1.807) is 13.8 Å². The molecular weight excluding hydrogens is 274 g/mol. The monoisotopic (exact) mass is 287 g/mol. The zero-order valence-electron chi connectivity index (χ0n) is 10.7. The van der Waals surface area contributed by atoms with Gasteiger partial charge in [-0.25, -0.2) is 4.98 Å². The van der Waals surface area contributed by atoms with Crippen LogP contribution in [0.5, 0.6) is 0 Å². The van der Waals surface area contributed by atoms with E-state index >= 15 is 0 Å². The molecule has 1 amide bonds. The highest BCUT2D eigenvalue weighted by molar-refractivity contribution is 6.28. The molecular formula is C10H14ClN5O3. The molecule has 0 unspecified atom stereocenters. The summed E-state index contributed by atoms with van der Waals surface area (Å²) >= 11 is 5.60. The molecule has 0 saturated carbocycles. The normalized spacial score (nSPS) is 10.9. The molecule has 9 heteroatoms. The molecule has 1 heterocycles. The number of hydrogen-bond donors (Lipinski definition) is 2. The molecule has 8 nitrogen and oxygen atoms in total. The van der Waals surface area contributed by atoms with Crippen molar-refractivity contribution in [3.8, 4) is 0 Å². The third-order valence-corrected chi connectivity index (χ3v) is 2.66. The Morgan fingerprint density at radius 3 is 2.74 bits per heavy atom. The molecule has 0 aliphatic rings. The maximum absolute atomic E-state index is 11.6. The highest BCUT2D eigenvalue weighted by Gasteiger charge is 2.28. The minimum Gasteiger partial charge on any atom is -0.363 e. The van der Waals surface area contributed by atoms with Crippen molar-refractivity contribution in [1.29, 1.82) is 0 Å².